The summed E-state index contributed by atoms with van der Waals surface area (Å²) < 4.78 is 12.0. The lowest BCUT2D eigenvalue weighted by atomic mass is 9.81. The quantitative estimate of drug-likeness (QED) is 0.810. The number of rotatable bonds is 3. The molecule has 2 aliphatic heterocycles. The summed E-state index contributed by atoms with van der Waals surface area (Å²) in [5, 5.41) is 2.78. The van der Waals surface area contributed by atoms with E-state index in [0.717, 1.165) is 56.3 Å². The van der Waals surface area contributed by atoms with Crippen LogP contribution in [0.4, 0.5) is 5.69 Å². The van der Waals surface area contributed by atoms with E-state index in [0.29, 0.717) is 17.2 Å². The number of hydrogen-bond acceptors (Lipinski definition) is 5. The Morgan fingerprint density at radius 3 is 2.32 bits per heavy atom. The van der Waals surface area contributed by atoms with E-state index in [-0.39, 0.29) is 36.1 Å². The maximum Gasteiger partial charge on any atom is 0.251 e. The van der Waals surface area contributed by atoms with Crippen molar-refractivity contribution in [3.05, 3.63) is 18.2 Å². The standard InChI is InChI=1S/C21H24N2O5/c24-18(12-23-19(25)14-5-1-2-6-15(14)20(23)26)22-13-7-8-16-17(11-13)28-21(27-16)9-3-4-10-21/h7-8,11,14-15H,1-6,9-10,12H2,(H,22,24)/t14-,15-/m1/s1. The highest BCUT2D eigenvalue weighted by Gasteiger charge is 2.48. The SMILES string of the molecule is O=C(CN1C(=O)[C@@H]2CCCC[C@H]2C1=O)Nc1ccc2c(c1)OC1(CCCC1)O2. The Bertz CT molecular complexity index is 821. The third-order valence-electron chi connectivity index (χ3n) is 6.42. The molecule has 7 nitrogen and oxygen atoms in total. The van der Waals surface area contributed by atoms with Crippen molar-refractivity contribution in [2.75, 3.05) is 11.9 Å². The second-order valence-corrected chi connectivity index (χ2v) is 8.29. The van der Waals surface area contributed by atoms with E-state index < -0.39 is 5.79 Å². The number of ether oxygens (including phenoxy) is 2. The molecule has 5 rings (SSSR count). The number of likely N-dealkylation sites (tertiary alicyclic amines) is 1. The lowest BCUT2D eigenvalue weighted by Crippen LogP contribution is -2.38. The molecule has 1 spiro atoms. The second-order valence-electron chi connectivity index (χ2n) is 8.29. The van der Waals surface area contributed by atoms with Crippen molar-refractivity contribution in [2.24, 2.45) is 11.8 Å². The van der Waals surface area contributed by atoms with Gasteiger partial charge in [-0.1, -0.05) is 12.8 Å². The molecule has 1 N–H and O–H groups in total. The summed E-state index contributed by atoms with van der Waals surface area (Å²) in [4.78, 5) is 38.7. The van der Waals surface area contributed by atoms with Crippen molar-refractivity contribution in [2.45, 2.75) is 57.2 Å². The third kappa shape index (κ3) is 2.84. The zero-order valence-electron chi connectivity index (χ0n) is 15.7. The lowest BCUT2D eigenvalue weighted by molar-refractivity contribution is -0.142. The Morgan fingerprint density at radius 1 is 1.00 bits per heavy atom. The van der Waals surface area contributed by atoms with Gasteiger partial charge >= 0.3 is 0 Å². The molecule has 28 heavy (non-hydrogen) atoms. The van der Waals surface area contributed by atoms with Crippen LogP contribution in [0.5, 0.6) is 11.5 Å². The first-order valence-electron chi connectivity index (χ1n) is 10.2. The highest BCUT2D eigenvalue weighted by atomic mass is 16.7. The summed E-state index contributed by atoms with van der Waals surface area (Å²) in [5.74, 6) is -0.472. The van der Waals surface area contributed by atoms with Crippen molar-refractivity contribution in [1.29, 1.82) is 0 Å². The van der Waals surface area contributed by atoms with Crippen molar-refractivity contribution >= 4 is 23.4 Å². The number of anilines is 1. The molecule has 3 fully saturated rings. The lowest BCUT2D eigenvalue weighted by Gasteiger charge is -2.21. The number of amides is 3. The minimum atomic E-state index is -0.546. The van der Waals surface area contributed by atoms with E-state index >= 15 is 0 Å². The number of nitrogens with one attached hydrogen (secondary N) is 1. The predicted molar refractivity (Wildman–Crippen MR) is 99.7 cm³/mol. The first-order valence-corrected chi connectivity index (χ1v) is 10.2. The van der Waals surface area contributed by atoms with Gasteiger partial charge in [-0.15, -0.1) is 0 Å². The van der Waals surface area contributed by atoms with Gasteiger partial charge in [-0.3, -0.25) is 19.3 Å². The minimum Gasteiger partial charge on any atom is -0.448 e. The number of imide groups is 1. The van der Waals surface area contributed by atoms with Crippen LogP contribution in [-0.2, 0) is 14.4 Å². The molecule has 4 aliphatic rings. The van der Waals surface area contributed by atoms with Crippen LogP contribution >= 0.6 is 0 Å². The van der Waals surface area contributed by atoms with Gasteiger partial charge in [0.25, 0.3) is 5.79 Å². The monoisotopic (exact) mass is 384 g/mol. The van der Waals surface area contributed by atoms with Crippen molar-refractivity contribution in [3.8, 4) is 11.5 Å². The van der Waals surface area contributed by atoms with Crippen LogP contribution in [0, 0.1) is 11.8 Å². The highest BCUT2D eigenvalue weighted by Crippen LogP contribution is 2.47. The fourth-order valence-electron chi connectivity index (χ4n) is 5.02. The number of benzene rings is 1. The van der Waals surface area contributed by atoms with Crippen LogP contribution < -0.4 is 14.8 Å². The Hall–Kier alpha value is -2.57. The topological polar surface area (TPSA) is 84.9 Å². The average Bonchev–Trinajstić information content (AvgIpc) is 3.35. The van der Waals surface area contributed by atoms with Crippen LogP contribution in [0.25, 0.3) is 0 Å². The molecular formula is C21H24N2O5. The van der Waals surface area contributed by atoms with Gasteiger partial charge in [-0.2, -0.15) is 0 Å². The Morgan fingerprint density at radius 2 is 1.64 bits per heavy atom. The van der Waals surface area contributed by atoms with E-state index in [1.807, 2.05) is 0 Å². The first kappa shape index (κ1) is 17.5. The molecule has 2 saturated carbocycles. The van der Waals surface area contributed by atoms with Gasteiger partial charge in [0.1, 0.15) is 6.54 Å². The summed E-state index contributed by atoms with van der Waals surface area (Å²) in [6, 6.07) is 5.29. The van der Waals surface area contributed by atoms with Gasteiger partial charge in [0.2, 0.25) is 17.7 Å². The van der Waals surface area contributed by atoms with Crippen LogP contribution in [0.3, 0.4) is 0 Å². The zero-order chi connectivity index (χ0) is 19.3. The molecule has 3 amide bonds. The van der Waals surface area contributed by atoms with Gasteiger partial charge in [0, 0.05) is 24.6 Å². The number of fused-ring (bicyclic) bond motifs is 2. The third-order valence-corrected chi connectivity index (χ3v) is 6.42. The van der Waals surface area contributed by atoms with Gasteiger partial charge < -0.3 is 14.8 Å². The van der Waals surface area contributed by atoms with E-state index in [1.54, 1.807) is 18.2 Å². The molecule has 0 bridgehead atoms. The number of hydrogen-bond donors (Lipinski definition) is 1. The maximum atomic E-state index is 12.5. The molecule has 148 valence electrons. The summed E-state index contributed by atoms with van der Waals surface area (Å²) in [5.41, 5.74) is 0.568. The summed E-state index contributed by atoms with van der Waals surface area (Å²) >= 11 is 0. The molecule has 0 aromatic heterocycles. The predicted octanol–water partition coefficient (Wildman–Crippen LogP) is 2.84. The average molecular weight is 384 g/mol. The summed E-state index contributed by atoms with van der Waals surface area (Å²) in [6.45, 7) is -0.233. The minimum absolute atomic E-state index is 0.196. The largest absolute Gasteiger partial charge is 0.448 e. The molecule has 2 heterocycles. The van der Waals surface area contributed by atoms with Gasteiger partial charge in [0.05, 0.1) is 11.8 Å². The van der Waals surface area contributed by atoms with Crippen molar-refractivity contribution in [3.63, 3.8) is 0 Å². The van der Waals surface area contributed by atoms with Crippen LogP contribution in [0.2, 0.25) is 0 Å². The molecular weight excluding hydrogens is 360 g/mol. The maximum absolute atomic E-state index is 12.5. The Kier molecular flexibility index (Phi) is 4.07. The van der Waals surface area contributed by atoms with Gasteiger partial charge in [0.15, 0.2) is 11.5 Å². The smallest absolute Gasteiger partial charge is 0.251 e. The molecule has 1 aromatic carbocycles. The summed E-state index contributed by atoms with van der Waals surface area (Å²) in [6.07, 6.45) is 7.33. The van der Waals surface area contributed by atoms with E-state index in [1.165, 1.54) is 0 Å². The normalized spacial score (nSPS) is 27.4. The Labute approximate surface area is 163 Å². The Balaban J connectivity index is 1.25. The van der Waals surface area contributed by atoms with Gasteiger partial charge in [-0.05, 0) is 37.8 Å². The van der Waals surface area contributed by atoms with Crippen LogP contribution in [-0.4, -0.2) is 35.0 Å². The molecule has 0 unspecified atom stereocenters. The molecule has 2 atom stereocenters. The molecule has 1 aromatic rings. The summed E-state index contributed by atoms with van der Waals surface area (Å²) in [7, 11) is 0. The molecule has 1 saturated heterocycles. The van der Waals surface area contributed by atoms with E-state index in [4.69, 9.17) is 9.47 Å². The fraction of sp³-hybridized carbons (Fsp3) is 0.571. The zero-order valence-corrected chi connectivity index (χ0v) is 15.7. The number of carbonyl (C=O) groups excluding carboxylic acids is 3. The van der Waals surface area contributed by atoms with Crippen molar-refractivity contribution in [1.82, 2.24) is 4.90 Å². The van der Waals surface area contributed by atoms with Crippen LogP contribution in [0.1, 0.15) is 51.4 Å². The van der Waals surface area contributed by atoms with E-state index in [9.17, 15) is 14.4 Å². The van der Waals surface area contributed by atoms with Crippen molar-refractivity contribution < 1.29 is 23.9 Å². The number of nitrogens with zero attached hydrogens (tertiary/aromatic N) is 1. The first-order chi connectivity index (χ1) is 13.5. The highest BCUT2D eigenvalue weighted by molar-refractivity contribution is 6.08. The fourth-order valence-corrected chi connectivity index (χ4v) is 5.02. The second kappa shape index (κ2) is 6.50. The molecule has 7 heteroatoms. The van der Waals surface area contributed by atoms with Crippen LogP contribution in [0.15, 0.2) is 18.2 Å². The number of carbonyl (C=O) groups is 3. The van der Waals surface area contributed by atoms with Gasteiger partial charge in [-0.25, -0.2) is 0 Å². The van der Waals surface area contributed by atoms with E-state index in [2.05, 4.69) is 5.32 Å². The molecule has 0 radical (unpaired) electrons. The molecule has 2 aliphatic carbocycles.